The molecule has 108 valence electrons. The van der Waals surface area contributed by atoms with E-state index in [4.69, 9.17) is 4.42 Å². The molecule has 0 unspecified atom stereocenters. The van der Waals surface area contributed by atoms with Gasteiger partial charge in [-0.1, -0.05) is 25.6 Å². The standard InChI is InChI=1S/C12H17N5O2S/c1-9(2)6-13-11(18)8-20-12-14-15-16-17(12)7-10-4-3-5-19-10/h3-5,9H,6-8H2,1-2H3,(H,13,18). The smallest absolute Gasteiger partial charge is 0.230 e. The third-order valence-corrected chi connectivity index (χ3v) is 3.38. The Morgan fingerprint density at radius 1 is 1.55 bits per heavy atom. The highest BCUT2D eigenvalue weighted by Gasteiger charge is 2.11. The lowest BCUT2D eigenvalue weighted by Crippen LogP contribution is -2.28. The Morgan fingerprint density at radius 3 is 3.10 bits per heavy atom. The first-order chi connectivity index (χ1) is 9.65. The summed E-state index contributed by atoms with van der Waals surface area (Å²) >= 11 is 1.31. The summed E-state index contributed by atoms with van der Waals surface area (Å²) in [5.41, 5.74) is 0. The summed E-state index contributed by atoms with van der Waals surface area (Å²) in [4.78, 5) is 11.6. The fourth-order valence-electron chi connectivity index (χ4n) is 1.45. The third-order valence-electron chi connectivity index (χ3n) is 2.42. The number of hydrogen-bond donors (Lipinski definition) is 1. The fraction of sp³-hybridized carbons (Fsp3) is 0.500. The quantitative estimate of drug-likeness (QED) is 0.772. The van der Waals surface area contributed by atoms with Crippen LogP contribution in [0.4, 0.5) is 0 Å². The lowest BCUT2D eigenvalue weighted by atomic mass is 10.2. The van der Waals surface area contributed by atoms with E-state index in [1.54, 1.807) is 10.9 Å². The first-order valence-corrected chi connectivity index (χ1v) is 7.31. The van der Waals surface area contributed by atoms with Crippen molar-refractivity contribution in [2.24, 2.45) is 5.92 Å². The molecule has 0 bridgehead atoms. The van der Waals surface area contributed by atoms with Gasteiger partial charge in [0.05, 0.1) is 12.0 Å². The first-order valence-electron chi connectivity index (χ1n) is 6.33. The molecule has 0 aromatic carbocycles. The number of hydrogen-bond acceptors (Lipinski definition) is 6. The van der Waals surface area contributed by atoms with Gasteiger partial charge in [-0.15, -0.1) is 5.10 Å². The van der Waals surface area contributed by atoms with Crippen molar-refractivity contribution in [3.8, 4) is 0 Å². The van der Waals surface area contributed by atoms with Gasteiger partial charge in [0.1, 0.15) is 12.3 Å². The molecule has 8 heteroatoms. The number of tetrazole rings is 1. The molecule has 0 atom stereocenters. The second-order valence-electron chi connectivity index (χ2n) is 4.69. The molecule has 0 saturated carbocycles. The molecule has 0 aliphatic rings. The zero-order chi connectivity index (χ0) is 14.4. The molecule has 2 rings (SSSR count). The van der Waals surface area contributed by atoms with Gasteiger partial charge in [0.2, 0.25) is 11.1 Å². The van der Waals surface area contributed by atoms with Gasteiger partial charge in [0.25, 0.3) is 0 Å². The number of rotatable bonds is 7. The van der Waals surface area contributed by atoms with Gasteiger partial charge in [-0.05, 0) is 28.5 Å². The molecule has 0 radical (unpaired) electrons. The summed E-state index contributed by atoms with van der Waals surface area (Å²) in [5.74, 6) is 1.48. The number of nitrogens with one attached hydrogen (secondary N) is 1. The summed E-state index contributed by atoms with van der Waals surface area (Å²) < 4.78 is 6.86. The lowest BCUT2D eigenvalue weighted by molar-refractivity contribution is -0.118. The van der Waals surface area contributed by atoms with Crippen LogP contribution in [0.3, 0.4) is 0 Å². The van der Waals surface area contributed by atoms with Gasteiger partial charge in [0, 0.05) is 6.54 Å². The molecule has 0 fully saturated rings. The number of carbonyl (C=O) groups excluding carboxylic acids is 1. The Morgan fingerprint density at radius 2 is 2.40 bits per heavy atom. The van der Waals surface area contributed by atoms with Gasteiger partial charge in [-0.25, -0.2) is 4.68 Å². The van der Waals surface area contributed by atoms with Crippen LogP contribution in [0.15, 0.2) is 28.0 Å². The van der Waals surface area contributed by atoms with Gasteiger partial charge < -0.3 is 9.73 Å². The van der Waals surface area contributed by atoms with Gasteiger partial charge in [0.15, 0.2) is 0 Å². The average molecular weight is 295 g/mol. The monoisotopic (exact) mass is 295 g/mol. The predicted molar refractivity (Wildman–Crippen MR) is 74.2 cm³/mol. The Labute approximate surface area is 121 Å². The van der Waals surface area contributed by atoms with Gasteiger partial charge in [-0.2, -0.15) is 0 Å². The highest BCUT2D eigenvalue weighted by molar-refractivity contribution is 7.99. The molecule has 2 aromatic heterocycles. The van der Waals surface area contributed by atoms with E-state index in [9.17, 15) is 4.79 Å². The number of nitrogens with zero attached hydrogens (tertiary/aromatic N) is 4. The molecule has 0 spiro atoms. The van der Waals surface area contributed by atoms with E-state index >= 15 is 0 Å². The molecule has 2 aromatic rings. The molecule has 0 saturated heterocycles. The summed E-state index contributed by atoms with van der Waals surface area (Å²) in [7, 11) is 0. The Hall–Kier alpha value is -1.83. The van der Waals surface area contributed by atoms with E-state index in [0.29, 0.717) is 29.9 Å². The first kappa shape index (κ1) is 14.6. The maximum atomic E-state index is 11.6. The van der Waals surface area contributed by atoms with Crippen molar-refractivity contribution in [2.75, 3.05) is 12.3 Å². The van der Waals surface area contributed by atoms with E-state index < -0.39 is 0 Å². The minimum atomic E-state index is -0.0174. The molecular formula is C12H17N5O2S. The Balaban J connectivity index is 1.84. The van der Waals surface area contributed by atoms with Crippen molar-refractivity contribution >= 4 is 17.7 Å². The largest absolute Gasteiger partial charge is 0.467 e. The number of amides is 1. The molecule has 20 heavy (non-hydrogen) atoms. The van der Waals surface area contributed by atoms with Crippen LogP contribution in [0, 0.1) is 5.92 Å². The average Bonchev–Trinajstić information content (AvgIpc) is 3.06. The molecule has 1 N–H and O–H groups in total. The highest BCUT2D eigenvalue weighted by Crippen LogP contribution is 2.14. The Kier molecular flexibility index (Phi) is 5.16. The van der Waals surface area contributed by atoms with Crippen molar-refractivity contribution in [1.82, 2.24) is 25.5 Å². The summed E-state index contributed by atoms with van der Waals surface area (Å²) in [6.45, 7) is 5.24. The van der Waals surface area contributed by atoms with Crippen LogP contribution in [0.2, 0.25) is 0 Å². The van der Waals surface area contributed by atoms with Crippen LogP contribution in [0.1, 0.15) is 19.6 Å². The summed E-state index contributed by atoms with van der Waals surface area (Å²) in [5, 5.41) is 14.9. The van der Waals surface area contributed by atoms with Gasteiger partial charge >= 0.3 is 0 Å². The van der Waals surface area contributed by atoms with Crippen LogP contribution in [0.5, 0.6) is 0 Å². The lowest BCUT2D eigenvalue weighted by Gasteiger charge is -2.07. The van der Waals surface area contributed by atoms with E-state index in [1.165, 1.54) is 11.8 Å². The topological polar surface area (TPSA) is 85.8 Å². The fourth-order valence-corrected chi connectivity index (χ4v) is 2.15. The molecule has 7 nitrogen and oxygen atoms in total. The zero-order valence-electron chi connectivity index (χ0n) is 11.4. The van der Waals surface area contributed by atoms with E-state index in [-0.39, 0.29) is 5.91 Å². The number of carbonyl (C=O) groups is 1. The van der Waals surface area contributed by atoms with Crippen LogP contribution < -0.4 is 5.32 Å². The van der Waals surface area contributed by atoms with E-state index in [2.05, 4.69) is 34.7 Å². The SMILES string of the molecule is CC(C)CNC(=O)CSc1nnnn1Cc1ccco1. The van der Waals surface area contributed by atoms with Gasteiger partial charge in [-0.3, -0.25) is 4.79 Å². The third kappa shape index (κ3) is 4.37. The van der Waals surface area contributed by atoms with E-state index in [0.717, 1.165) is 5.76 Å². The molecule has 2 heterocycles. The van der Waals surface area contributed by atoms with Crippen LogP contribution >= 0.6 is 11.8 Å². The van der Waals surface area contributed by atoms with Crippen molar-refractivity contribution in [2.45, 2.75) is 25.5 Å². The van der Waals surface area contributed by atoms with E-state index in [1.807, 2.05) is 12.1 Å². The maximum absolute atomic E-state index is 11.6. The number of thioether (sulfide) groups is 1. The molecule has 1 amide bonds. The molecule has 0 aliphatic carbocycles. The summed E-state index contributed by atoms with van der Waals surface area (Å²) in [6.07, 6.45) is 1.60. The van der Waals surface area contributed by atoms with Crippen LogP contribution in [-0.2, 0) is 11.3 Å². The van der Waals surface area contributed by atoms with Crippen molar-refractivity contribution in [3.05, 3.63) is 24.2 Å². The number of furan rings is 1. The molecule has 0 aliphatic heterocycles. The second kappa shape index (κ2) is 7.09. The second-order valence-corrected chi connectivity index (χ2v) is 5.63. The van der Waals surface area contributed by atoms with Crippen molar-refractivity contribution < 1.29 is 9.21 Å². The Bertz CT molecular complexity index is 538. The van der Waals surface area contributed by atoms with Crippen LogP contribution in [0.25, 0.3) is 0 Å². The highest BCUT2D eigenvalue weighted by atomic mass is 32.2. The summed E-state index contributed by atoms with van der Waals surface area (Å²) in [6, 6.07) is 3.66. The van der Waals surface area contributed by atoms with Crippen molar-refractivity contribution in [1.29, 1.82) is 0 Å². The van der Waals surface area contributed by atoms with Crippen molar-refractivity contribution in [3.63, 3.8) is 0 Å². The predicted octanol–water partition coefficient (Wildman–Crippen LogP) is 1.18. The minimum Gasteiger partial charge on any atom is -0.467 e. The zero-order valence-corrected chi connectivity index (χ0v) is 12.3. The number of aromatic nitrogens is 4. The normalized spacial score (nSPS) is 10.9. The maximum Gasteiger partial charge on any atom is 0.230 e. The minimum absolute atomic E-state index is 0.0174. The molecular weight excluding hydrogens is 278 g/mol. The van der Waals surface area contributed by atoms with Crippen LogP contribution in [-0.4, -0.2) is 38.4 Å².